The van der Waals surface area contributed by atoms with Crippen molar-refractivity contribution < 1.29 is 14.3 Å². The highest BCUT2D eigenvalue weighted by atomic mass is 16.5. The number of amides is 3. The molecule has 0 saturated carbocycles. The first-order chi connectivity index (χ1) is 12.5. The fourth-order valence-electron chi connectivity index (χ4n) is 3.20. The van der Waals surface area contributed by atoms with Crippen molar-refractivity contribution in [3.05, 3.63) is 24.3 Å². The van der Waals surface area contributed by atoms with Crippen LogP contribution in [0.4, 0.5) is 10.5 Å². The van der Waals surface area contributed by atoms with Gasteiger partial charge in [-0.2, -0.15) is 0 Å². The summed E-state index contributed by atoms with van der Waals surface area (Å²) in [4.78, 5) is 28.2. The maximum Gasteiger partial charge on any atom is 0.312 e. The number of nitrogens with one attached hydrogen (secondary N) is 1. The number of nitrogens with two attached hydrogens (primary N) is 1. The molecule has 0 aliphatic carbocycles. The quantitative estimate of drug-likeness (QED) is 0.774. The van der Waals surface area contributed by atoms with E-state index in [2.05, 4.69) is 10.2 Å². The van der Waals surface area contributed by atoms with Crippen molar-refractivity contribution in [3.63, 3.8) is 0 Å². The van der Waals surface area contributed by atoms with Gasteiger partial charge in [0.2, 0.25) is 5.91 Å². The number of piperazine rings is 1. The molecular weight excluding hydrogens is 332 g/mol. The molecule has 1 heterocycles. The van der Waals surface area contributed by atoms with Crippen molar-refractivity contribution >= 4 is 17.6 Å². The minimum absolute atomic E-state index is 0.0340. The molecular formula is C19H30N4O3. The molecule has 7 heteroatoms. The first-order valence-electron chi connectivity index (χ1n) is 9.29. The van der Waals surface area contributed by atoms with Gasteiger partial charge in [0.25, 0.3) is 0 Å². The van der Waals surface area contributed by atoms with Gasteiger partial charge in [-0.1, -0.05) is 32.4 Å². The standard InChI is InChI=1S/C19H30N4O3/c1-4-14(3)17(21-19(20)25)18(24)23-12-10-22(11-13-23)15-8-6-7-9-16(15)26-5-2/h6-9,14,17H,4-5,10-13H2,1-3H3,(H3,20,21,25)/t14-,17-/m0/s1. The Morgan fingerprint density at radius 1 is 1.19 bits per heavy atom. The van der Waals surface area contributed by atoms with Gasteiger partial charge in [0.1, 0.15) is 11.8 Å². The zero-order valence-corrected chi connectivity index (χ0v) is 15.9. The molecule has 0 unspecified atom stereocenters. The first kappa shape index (κ1) is 19.9. The van der Waals surface area contributed by atoms with Crippen molar-refractivity contribution in [2.45, 2.75) is 33.2 Å². The minimum Gasteiger partial charge on any atom is -0.492 e. The van der Waals surface area contributed by atoms with Gasteiger partial charge in [-0.05, 0) is 25.0 Å². The molecule has 144 valence electrons. The summed E-state index contributed by atoms with van der Waals surface area (Å²) in [7, 11) is 0. The molecule has 1 saturated heterocycles. The number of carbonyl (C=O) groups is 2. The molecule has 0 aromatic heterocycles. The van der Waals surface area contributed by atoms with E-state index in [1.165, 1.54) is 0 Å². The maximum absolute atomic E-state index is 12.9. The molecule has 0 radical (unpaired) electrons. The molecule has 0 bridgehead atoms. The zero-order valence-electron chi connectivity index (χ0n) is 15.9. The Morgan fingerprint density at radius 2 is 1.85 bits per heavy atom. The lowest BCUT2D eigenvalue weighted by Crippen LogP contribution is -2.57. The average Bonchev–Trinajstić information content (AvgIpc) is 2.66. The van der Waals surface area contributed by atoms with Crippen LogP contribution >= 0.6 is 0 Å². The topological polar surface area (TPSA) is 87.9 Å². The van der Waals surface area contributed by atoms with E-state index in [1.54, 1.807) is 0 Å². The number of ether oxygens (including phenoxy) is 1. The van der Waals surface area contributed by atoms with Gasteiger partial charge in [0.05, 0.1) is 12.3 Å². The van der Waals surface area contributed by atoms with Crippen LogP contribution in [0.1, 0.15) is 27.2 Å². The van der Waals surface area contributed by atoms with Crippen LogP contribution in [0.25, 0.3) is 0 Å². The van der Waals surface area contributed by atoms with Crippen molar-refractivity contribution in [2.75, 3.05) is 37.7 Å². The Balaban J connectivity index is 2.03. The van der Waals surface area contributed by atoms with E-state index < -0.39 is 12.1 Å². The third-order valence-electron chi connectivity index (χ3n) is 4.87. The molecule has 1 aliphatic heterocycles. The second-order valence-electron chi connectivity index (χ2n) is 6.58. The highest BCUT2D eigenvalue weighted by Gasteiger charge is 2.31. The van der Waals surface area contributed by atoms with Crippen LogP contribution < -0.4 is 20.7 Å². The number of rotatable bonds is 7. The Morgan fingerprint density at radius 3 is 2.42 bits per heavy atom. The summed E-state index contributed by atoms with van der Waals surface area (Å²) < 4.78 is 5.71. The van der Waals surface area contributed by atoms with Gasteiger partial charge in [0, 0.05) is 26.2 Å². The predicted octanol–water partition coefficient (Wildman–Crippen LogP) is 1.82. The summed E-state index contributed by atoms with van der Waals surface area (Å²) in [6.45, 7) is 9.18. The number of hydrogen-bond acceptors (Lipinski definition) is 4. The van der Waals surface area contributed by atoms with E-state index in [4.69, 9.17) is 10.5 Å². The second-order valence-corrected chi connectivity index (χ2v) is 6.58. The molecule has 2 atom stereocenters. The molecule has 3 N–H and O–H groups in total. The van der Waals surface area contributed by atoms with Crippen LogP contribution in [0.15, 0.2) is 24.3 Å². The maximum atomic E-state index is 12.9. The Labute approximate surface area is 155 Å². The Hall–Kier alpha value is -2.44. The van der Waals surface area contributed by atoms with E-state index in [0.29, 0.717) is 19.7 Å². The molecule has 1 aromatic rings. The lowest BCUT2D eigenvalue weighted by molar-refractivity contribution is -0.134. The SMILES string of the molecule is CCOc1ccccc1N1CCN(C(=O)[C@@H](NC(N)=O)[C@@H](C)CC)CC1. The summed E-state index contributed by atoms with van der Waals surface area (Å²) >= 11 is 0. The number of nitrogens with zero attached hydrogens (tertiary/aromatic N) is 2. The van der Waals surface area contributed by atoms with Crippen molar-refractivity contribution in [3.8, 4) is 5.75 Å². The van der Waals surface area contributed by atoms with E-state index in [-0.39, 0.29) is 11.8 Å². The molecule has 7 nitrogen and oxygen atoms in total. The van der Waals surface area contributed by atoms with Crippen LogP contribution in [0.3, 0.4) is 0 Å². The van der Waals surface area contributed by atoms with Gasteiger partial charge in [-0.3, -0.25) is 4.79 Å². The normalized spacial score (nSPS) is 16.7. The minimum atomic E-state index is -0.659. The van der Waals surface area contributed by atoms with Crippen LogP contribution in [0.2, 0.25) is 0 Å². The van der Waals surface area contributed by atoms with Gasteiger partial charge in [-0.15, -0.1) is 0 Å². The van der Waals surface area contributed by atoms with Gasteiger partial charge < -0.3 is 25.6 Å². The first-order valence-corrected chi connectivity index (χ1v) is 9.29. The highest BCUT2D eigenvalue weighted by molar-refractivity contribution is 5.87. The zero-order chi connectivity index (χ0) is 19.1. The third kappa shape index (κ3) is 4.80. The van der Waals surface area contributed by atoms with E-state index in [0.717, 1.165) is 30.9 Å². The van der Waals surface area contributed by atoms with Crippen LogP contribution in [-0.2, 0) is 4.79 Å². The molecule has 1 fully saturated rings. The number of urea groups is 1. The average molecular weight is 362 g/mol. The molecule has 3 amide bonds. The van der Waals surface area contributed by atoms with E-state index in [9.17, 15) is 9.59 Å². The Kier molecular flexibility index (Phi) is 7.12. The summed E-state index contributed by atoms with van der Waals surface area (Å²) in [6.07, 6.45) is 0.790. The smallest absolute Gasteiger partial charge is 0.312 e. The molecule has 0 spiro atoms. The number of anilines is 1. The fourth-order valence-corrected chi connectivity index (χ4v) is 3.20. The van der Waals surface area contributed by atoms with Gasteiger partial charge in [0.15, 0.2) is 0 Å². The van der Waals surface area contributed by atoms with Crippen LogP contribution in [0.5, 0.6) is 5.75 Å². The largest absolute Gasteiger partial charge is 0.492 e. The van der Waals surface area contributed by atoms with Crippen molar-refractivity contribution in [1.82, 2.24) is 10.2 Å². The van der Waals surface area contributed by atoms with Gasteiger partial charge >= 0.3 is 6.03 Å². The number of primary amides is 1. The molecule has 2 rings (SSSR count). The summed E-state index contributed by atoms with van der Waals surface area (Å²) in [5.74, 6) is 0.838. The summed E-state index contributed by atoms with van der Waals surface area (Å²) in [6, 6.07) is 6.73. The molecule has 1 aromatic carbocycles. The van der Waals surface area contributed by atoms with Crippen molar-refractivity contribution in [2.24, 2.45) is 11.7 Å². The lowest BCUT2D eigenvalue weighted by atomic mass is 9.97. The number of hydrogen-bond donors (Lipinski definition) is 2. The number of benzene rings is 1. The van der Waals surface area contributed by atoms with E-state index >= 15 is 0 Å². The molecule has 26 heavy (non-hydrogen) atoms. The van der Waals surface area contributed by atoms with Crippen LogP contribution in [0, 0.1) is 5.92 Å². The summed E-state index contributed by atoms with van der Waals surface area (Å²) in [5, 5.41) is 2.61. The fraction of sp³-hybridized carbons (Fsp3) is 0.579. The monoisotopic (exact) mass is 362 g/mol. The van der Waals surface area contributed by atoms with Crippen molar-refractivity contribution in [1.29, 1.82) is 0 Å². The van der Waals surface area contributed by atoms with Crippen LogP contribution in [-0.4, -0.2) is 55.7 Å². The Bertz CT molecular complexity index is 615. The van der Waals surface area contributed by atoms with Gasteiger partial charge in [-0.25, -0.2) is 4.79 Å². The number of carbonyl (C=O) groups excluding carboxylic acids is 2. The summed E-state index contributed by atoms with van der Waals surface area (Å²) in [5.41, 5.74) is 6.30. The number of para-hydroxylation sites is 2. The van der Waals surface area contributed by atoms with E-state index in [1.807, 2.05) is 49.9 Å². The predicted molar refractivity (Wildman–Crippen MR) is 102 cm³/mol. The lowest BCUT2D eigenvalue weighted by Gasteiger charge is -2.38. The third-order valence-corrected chi connectivity index (χ3v) is 4.87. The molecule has 1 aliphatic rings. The second kappa shape index (κ2) is 9.31. The highest BCUT2D eigenvalue weighted by Crippen LogP contribution is 2.29.